The van der Waals surface area contributed by atoms with Gasteiger partial charge < -0.3 is 4.90 Å². The van der Waals surface area contributed by atoms with E-state index >= 15 is 0 Å². The highest BCUT2D eigenvalue weighted by Crippen LogP contribution is 2.30. The van der Waals surface area contributed by atoms with Gasteiger partial charge in [0.2, 0.25) is 0 Å². The summed E-state index contributed by atoms with van der Waals surface area (Å²) in [6, 6.07) is 13.3. The molecule has 0 atom stereocenters. The molecule has 0 saturated carbocycles. The van der Waals surface area contributed by atoms with Crippen LogP contribution in [0.25, 0.3) is 0 Å². The summed E-state index contributed by atoms with van der Waals surface area (Å²) in [6.45, 7) is 1.40. The number of amides is 1. The lowest BCUT2D eigenvalue weighted by molar-refractivity contribution is -0.380. The summed E-state index contributed by atoms with van der Waals surface area (Å²) in [5, 5.41) is 10.7. The third-order valence-corrected chi connectivity index (χ3v) is 5.06. The van der Waals surface area contributed by atoms with Crippen molar-refractivity contribution < 1.29 is 9.72 Å². The van der Waals surface area contributed by atoms with E-state index in [1.54, 1.807) is 11.0 Å². The monoisotopic (exact) mass is 316 g/mol. The minimum Gasteiger partial charge on any atom is -0.338 e. The number of carbonyl (C=O) groups excluding carboxylic acids is 1. The Morgan fingerprint density at radius 1 is 1.14 bits per heavy atom. The lowest BCUT2D eigenvalue weighted by Crippen LogP contribution is -2.37. The molecule has 0 N–H and O–H groups in total. The second-order valence-corrected chi connectivity index (χ2v) is 6.43. The molecule has 1 aliphatic rings. The second-order valence-electron chi connectivity index (χ2n) is 5.37. The first-order chi connectivity index (χ1) is 10.6. The number of thiophene rings is 1. The molecular weight excluding hydrogens is 300 g/mol. The molecule has 6 heteroatoms. The number of piperidine rings is 1. The normalized spacial score (nSPS) is 15.7. The predicted octanol–water partition coefficient (Wildman–Crippen LogP) is 3.68. The van der Waals surface area contributed by atoms with Crippen molar-refractivity contribution in [2.24, 2.45) is 0 Å². The molecule has 1 saturated heterocycles. The van der Waals surface area contributed by atoms with Crippen molar-refractivity contribution in [1.29, 1.82) is 0 Å². The fourth-order valence-electron chi connectivity index (χ4n) is 2.84. The zero-order chi connectivity index (χ0) is 15.5. The van der Waals surface area contributed by atoms with E-state index in [2.05, 4.69) is 12.1 Å². The topological polar surface area (TPSA) is 63.4 Å². The number of nitro groups is 1. The highest BCUT2D eigenvalue weighted by atomic mass is 32.1. The Kier molecular flexibility index (Phi) is 4.20. The fourth-order valence-corrected chi connectivity index (χ4v) is 3.63. The van der Waals surface area contributed by atoms with Crippen molar-refractivity contribution in [3.63, 3.8) is 0 Å². The van der Waals surface area contributed by atoms with Crippen LogP contribution < -0.4 is 0 Å². The molecule has 1 aromatic heterocycles. The van der Waals surface area contributed by atoms with Gasteiger partial charge in [0.05, 0.1) is 9.80 Å². The van der Waals surface area contributed by atoms with Gasteiger partial charge in [0, 0.05) is 19.2 Å². The van der Waals surface area contributed by atoms with Gasteiger partial charge in [-0.25, -0.2) is 0 Å². The first-order valence-electron chi connectivity index (χ1n) is 7.23. The van der Waals surface area contributed by atoms with E-state index in [-0.39, 0.29) is 10.9 Å². The number of carbonyl (C=O) groups is 1. The lowest BCUT2D eigenvalue weighted by Gasteiger charge is -2.32. The van der Waals surface area contributed by atoms with E-state index in [0.29, 0.717) is 23.9 Å². The average Bonchev–Trinajstić information content (AvgIpc) is 3.05. The van der Waals surface area contributed by atoms with Gasteiger partial charge in [-0.05, 0) is 30.4 Å². The van der Waals surface area contributed by atoms with Crippen molar-refractivity contribution in [2.75, 3.05) is 13.1 Å². The maximum Gasteiger partial charge on any atom is 0.324 e. The van der Waals surface area contributed by atoms with Gasteiger partial charge in [0.15, 0.2) is 0 Å². The van der Waals surface area contributed by atoms with Crippen LogP contribution in [0, 0.1) is 10.1 Å². The molecule has 2 aromatic rings. The van der Waals surface area contributed by atoms with Gasteiger partial charge in [0.25, 0.3) is 5.91 Å². The van der Waals surface area contributed by atoms with Crippen LogP contribution in [0.1, 0.15) is 34.0 Å². The molecule has 1 amide bonds. The zero-order valence-corrected chi connectivity index (χ0v) is 12.8. The summed E-state index contributed by atoms with van der Waals surface area (Å²) < 4.78 is 0. The Morgan fingerprint density at radius 3 is 2.41 bits per heavy atom. The van der Waals surface area contributed by atoms with Crippen LogP contribution in [0.3, 0.4) is 0 Å². The summed E-state index contributed by atoms with van der Waals surface area (Å²) >= 11 is 0.950. The van der Waals surface area contributed by atoms with Crippen LogP contribution in [0.15, 0.2) is 42.5 Å². The Balaban J connectivity index is 1.63. The molecule has 1 aromatic carbocycles. The maximum absolute atomic E-state index is 12.4. The van der Waals surface area contributed by atoms with Crippen LogP contribution in [0.5, 0.6) is 0 Å². The molecule has 0 spiro atoms. The molecule has 0 radical (unpaired) electrons. The van der Waals surface area contributed by atoms with Crippen LogP contribution in [0.2, 0.25) is 0 Å². The Labute approximate surface area is 132 Å². The number of hydrogen-bond donors (Lipinski definition) is 0. The van der Waals surface area contributed by atoms with E-state index in [9.17, 15) is 14.9 Å². The smallest absolute Gasteiger partial charge is 0.324 e. The standard InChI is InChI=1S/C16H16N2O3S/c19-16(14-6-7-15(22-14)18(20)21)17-10-8-13(9-11-17)12-4-2-1-3-5-12/h1-7,13H,8-11H2. The van der Waals surface area contributed by atoms with E-state index in [4.69, 9.17) is 0 Å². The Bertz CT molecular complexity index is 676. The molecule has 114 valence electrons. The molecule has 0 aliphatic carbocycles. The fraction of sp³-hybridized carbons (Fsp3) is 0.312. The van der Waals surface area contributed by atoms with Gasteiger partial charge in [0.1, 0.15) is 0 Å². The zero-order valence-electron chi connectivity index (χ0n) is 12.0. The predicted molar refractivity (Wildman–Crippen MR) is 85.3 cm³/mol. The van der Waals surface area contributed by atoms with Crippen LogP contribution in [-0.2, 0) is 0 Å². The largest absolute Gasteiger partial charge is 0.338 e. The van der Waals surface area contributed by atoms with Crippen molar-refractivity contribution >= 4 is 22.2 Å². The molecule has 3 rings (SSSR count). The number of likely N-dealkylation sites (tertiary alicyclic amines) is 1. The molecule has 0 bridgehead atoms. The van der Waals surface area contributed by atoms with Crippen molar-refractivity contribution in [3.05, 3.63) is 63.0 Å². The van der Waals surface area contributed by atoms with E-state index in [1.807, 2.05) is 18.2 Å². The summed E-state index contributed by atoms with van der Waals surface area (Å²) in [5.74, 6) is 0.396. The summed E-state index contributed by atoms with van der Waals surface area (Å²) in [7, 11) is 0. The van der Waals surface area contributed by atoms with Gasteiger partial charge >= 0.3 is 5.00 Å². The van der Waals surface area contributed by atoms with Gasteiger partial charge in [-0.15, -0.1) is 0 Å². The number of rotatable bonds is 3. The highest BCUT2D eigenvalue weighted by Gasteiger charge is 2.26. The Morgan fingerprint density at radius 2 is 1.82 bits per heavy atom. The van der Waals surface area contributed by atoms with Crippen molar-refractivity contribution in [2.45, 2.75) is 18.8 Å². The minimum atomic E-state index is -0.455. The molecular formula is C16H16N2O3S. The van der Waals surface area contributed by atoms with E-state index in [0.717, 1.165) is 24.2 Å². The molecule has 1 aliphatic heterocycles. The van der Waals surface area contributed by atoms with Crippen molar-refractivity contribution in [1.82, 2.24) is 4.90 Å². The summed E-state index contributed by atoms with van der Waals surface area (Å²) in [4.78, 5) is 24.9. The number of benzene rings is 1. The second kappa shape index (κ2) is 6.27. The van der Waals surface area contributed by atoms with Gasteiger partial charge in [-0.1, -0.05) is 41.7 Å². The summed E-state index contributed by atoms with van der Waals surface area (Å²) in [5.41, 5.74) is 1.32. The molecule has 5 nitrogen and oxygen atoms in total. The number of nitrogens with zero attached hydrogens (tertiary/aromatic N) is 2. The average molecular weight is 316 g/mol. The van der Waals surface area contributed by atoms with Crippen LogP contribution in [0.4, 0.5) is 5.00 Å². The van der Waals surface area contributed by atoms with Crippen molar-refractivity contribution in [3.8, 4) is 0 Å². The molecule has 22 heavy (non-hydrogen) atoms. The van der Waals surface area contributed by atoms with Crippen LogP contribution in [-0.4, -0.2) is 28.8 Å². The Hall–Kier alpha value is -2.21. The third-order valence-electron chi connectivity index (χ3n) is 4.04. The molecule has 0 unspecified atom stereocenters. The van der Waals surface area contributed by atoms with E-state index < -0.39 is 4.92 Å². The first-order valence-corrected chi connectivity index (χ1v) is 8.05. The van der Waals surface area contributed by atoms with Gasteiger partial charge in [-0.2, -0.15) is 0 Å². The quantitative estimate of drug-likeness (QED) is 0.641. The number of hydrogen-bond acceptors (Lipinski definition) is 4. The van der Waals surface area contributed by atoms with Gasteiger partial charge in [-0.3, -0.25) is 14.9 Å². The minimum absolute atomic E-state index is 0.0162. The maximum atomic E-state index is 12.4. The first kappa shape index (κ1) is 14.7. The molecule has 1 fully saturated rings. The van der Waals surface area contributed by atoms with Crippen LogP contribution >= 0.6 is 11.3 Å². The highest BCUT2D eigenvalue weighted by molar-refractivity contribution is 7.17. The SMILES string of the molecule is O=C(c1ccc([N+](=O)[O-])s1)N1CCC(c2ccccc2)CC1. The third kappa shape index (κ3) is 3.01. The van der Waals surface area contributed by atoms with E-state index in [1.165, 1.54) is 11.6 Å². The molecule has 2 heterocycles. The summed E-state index contributed by atoms with van der Waals surface area (Å²) in [6.07, 6.45) is 1.87. The lowest BCUT2D eigenvalue weighted by atomic mass is 9.89.